The minimum absolute atomic E-state index is 0.0214. The molecule has 1 heterocycles. The van der Waals surface area contributed by atoms with Crippen LogP contribution in [0.15, 0.2) is 30.3 Å². The van der Waals surface area contributed by atoms with Crippen molar-refractivity contribution in [3.8, 4) is 0 Å². The summed E-state index contributed by atoms with van der Waals surface area (Å²) >= 11 is 0. The first-order valence-corrected chi connectivity index (χ1v) is 7.96. The van der Waals surface area contributed by atoms with Gasteiger partial charge in [-0.1, -0.05) is 51.1 Å². The maximum atomic E-state index is 12.2. The molecule has 4 nitrogen and oxygen atoms in total. The third kappa shape index (κ3) is 4.58. The third-order valence-corrected chi connectivity index (χ3v) is 4.09. The summed E-state index contributed by atoms with van der Waals surface area (Å²) in [6.45, 7) is 7.23. The zero-order chi connectivity index (χ0) is 16.2. The standard InChI is InChI=1S/C18H26N2O2/c1-18(2,3)17(22)19-12-16(21)20-10-9-15(13-20)11-14-7-5-4-6-8-14/h4-8,15H,9-13H2,1-3H3,(H,19,22). The van der Waals surface area contributed by atoms with Gasteiger partial charge in [0.1, 0.15) is 0 Å². The molecule has 1 aliphatic heterocycles. The highest BCUT2D eigenvalue weighted by Gasteiger charge is 2.27. The van der Waals surface area contributed by atoms with E-state index >= 15 is 0 Å². The predicted molar refractivity (Wildman–Crippen MR) is 87.3 cm³/mol. The summed E-state index contributed by atoms with van der Waals surface area (Å²) in [7, 11) is 0. The molecule has 0 radical (unpaired) electrons. The fraction of sp³-hybridized carbons (Fsp3) is 0.556. The lowest BCUT2D eigenvalue weighted by molar-refractivity contribution is -0.134. The second kappa shape index (κ2) is 6.95. The summed E-state index contributed by atoms with van der Waals surface area (Å²) < 4.78 is 0. The van der Waals surface area contributed by atoms with Crippen molar-refractivity contribution in [3.05, 3.63) is 35.9 Å². The van der Waals surface area contributed by atoms with Crippen LogP contribution in [0.25, 0.3) is 0 Å². The molecular weight excluding hydrogens is 276 g/mol. The van der Waals surface area contributed by atoms with Gasteiger partial charge in [-0.15, -0.1) is 0 Å². The highest BCUT2D eigenvalue weighted by atomic mass is 16.2. The van der Waals surface area contributed by atoms with Crippen LogP contribution in [0.3, 0.4) is 0 Å². The van der Waals surface area contributed by atoms with Gasteiger partial charge in [0.25, 0.3) is 0 Å². The molecule has 0 spiro atoms. The van der Waals surface area contributed by atoms with E-state index < -0.39 is 5.41 Å². The summed E-state index contributed by atoms with van der Waals surface area (Å²) in [6, 6.07) is 10.4. The zero-order valence-electron chi connectivity index (χ0n) is 13.8. The van der Waals surface area contributed by atoms with E-state index in [1.54, 1.807) is 0 Å². The molecule has 2 rings (SSSR count). The fourth-order valence-electron chi connectivity index (χ4n) is 2.71. The Morgan fingerprint density at radius 1 is 1.23 bits per heavy atom. The molecule has 1 fully saturated rings. The molecule has 1 atom stereocenters. The van der Waals surface area contributed by atoms with Gasteiger partial charge >= 0.3 is 0 Å². The van der Waals surface area contributed by atoms with Gasteiger partial charge in [0.05, 0.1) is 6.54 Å². The second-order valence-corrected chi connectivity index (χ2v) is 7.12. The van der Waals surface area contributed by atoms with E-state index in [1.807, 2.05) is 31.7 Å². The lowest BCUT2D eigenvalue weighted by atomic mass is 9.96. The SMILES string of the molecule is CC(C)(C)C(=O)NCC(=O)N1CCC(Cc2ccccc2)C1. The number of benzene rings is 1. The number of hydrogen-bond donors (Lipinski definition) is 1. The summed E-state index contributed by atoms with van der Waals surface area (Å²) in [5.74, 6) is 0.457. The lowest BCUT2D eigenvalue weighted by Gasteiger charge is -2.20. The maximum absolute atomic E-state index is 12.2. The van der Waals surface area contributed by atoms with Crippen molar-refractivity contribution in [2.75, 3.05) is 19.6 Å². The molecule has 1 aromatic rings. The van der Waals surface area contributed by atoms with Crippen LogP contribution in [0.4, 0.5) is 0 Å². The Morgan fingerprint density at radius 3 is 2.55 bits per heavy atom. The molecule has 0 aromatic heterocycles. The van der Waals surface area contributed by atoms with Gasteiger partial charge in [0.2, 0.25) is 11.8 Å². The molecular formula is C18H26N2O2. The molecule has 1 aromatic carbocycles. The first-order chi connectivity index (χ1) is 10.4. The van der Waals surface area contributed by atoms with Crippen LogP contribution in [-0.4, -0.2) is 36.3 Å². The molecule has 1 aliphatic rings. The minimum atomic E-state index is -0.457. The molecule has 22 heavy (non-hydrogen) atoms. The molecule has 4 heteroatoms. The average molecular weight is 302 g/mol. The first kappa shape index (κ1) is 16.5. The van der Waals surface area contributed by atoms with Gasteiger partial charge in [-0.3, -0.25) is 9.59 Å². The number of amides is 2. The van der Waals surface area contributed by atoms with Crippen LogP contribution in [0.2, 0.25) is 0 Å². The first-order valence-electron chi connectivity index (χ1n) is 7.96. The molecule has 120 valence electrons. The van der Waals surface area contributed by atoms with Gasteiger partial charge in [-0.2, -0.15) is 0 Å². The number of carbonyl (C=O) groups excluding carboxylic acids is 2. The van der Waals surface area contributed by atoms with Crippen molar-refractivity contribution in [1.82, 2.24) is 10.2 Å². The Kier molecular flexibility index (Phi) is 5.22. The molecule has 1 saturated heterocycles. The molecule has 0 saturated carbocycles. The van der Waals surface area contributed by atoms with Crippen LogP contribution < -0.4 is 5.32 Å². The van der Waals surface area contributed by atoms with Gasteiger partial charge in [-0.05, 0) is 24.3 Å². The largest absolute Gasteiger partial charge is 0.347 e. The molecule has 0 bridgehead atoms. The predicted octanol–water partition coefficient (Wildman–Crippen LogP) is 2.24. The van der Waals surface area contributed by atoms with Gasteiger partial charge in [0.15, 0.2) is 0 Å². The van der Waals surface area contributed by atoms with Crippen molar-refractivity contribution in [1.29, 1.82) is 0 Å². The summed E-state index contributed by atoms with van der Waals surface area (Å²) in [5, 5.41) is 2.73. The minimum Gasteiger partial charge on any atom is -0.347 e. The summed E-state index contributed by atoms with van der Waals surface area (Å²) in [5.41, 5.74) is 0.865. The van der Waals surface area contributed by atoms with Crippen molar-refractivity contribution < 1.29 is 9.59 Å². The Morgan fingerprint density at radius 2 is 1.91 bits per heavy atom. The summed E-state index contributed by atoms with van der Waals surface area (Å²) in [4.78, 5) is 25.9. The Balaban J connectivity index is 1.78. The maximum Gasteiger partial charge on any atom is 0.241 e. The van der Waals surface area contributed by atoms with Crippen molar-refractivity contribution in [2.45, 2.75) is 33.6 Å². The van der Waals surface area contributed by atoms with Gasteiger partial charge in [0, 0.05) is 18.5 Å². The number of carbonyl (C=O) groups is 2. The number of likely N-dealkylation sites (tertiary alicyclic amines) is 1. The smallest absolute Gasteiger partial charge is 0.241 e. The number of rotatable bonds is 4. The van der Waals surface area contributed by atoms with Crippen LogP contribution >= 0.6 is 0 Å². The Labute approximate surface area is 132 Å². The highest BCUT2D eigenvalue weighted by molar-refractivity contribution is 5.87. The van der Waals surface area contributed by atoms with Crippen LogP contribution in [0, 0.1) is 11.3 Å². The van der Waals surface area contributed by atoms with E-state index in [9.17, 15) is 9.59 Å². The lowest BCUT2D eigenvalue weighted by Crippen LogP contribution is -2.42. The van der Waals surface area contributed by atoms with Gasteiger partial charge < -0.3 is 10.2 Å². The normalized spacial score (nSPS) is 18.3. The van der Waals surface area contributed by atoms with E-state index in [-0.39, 0.29) is 18.4 Å². The second-order valence-electron chi connectivity index (χ2n) is 7.12. The van der Waals surface area contributed by atoms with E-state index in [2.05, 4.69) is 29.6 Å². The zero-order valence-corrected chi connectivity index (χ0v) is 13.8. The topological polar surface area (TPSA) is 49.4 Å². The highest BCUT2D eigenvalue weighted by Crippen LogP contribution is 2.21. The van der Waals surface area contributed by atoms with Crippen molar-refractivity contribution in [3.63, 3.8) is 0 Å². The molecule has 1 N–H and O–H groups in total. The molecule has 2 amide bonds. The number of nitrogens with zero attached hydrogens (tertiary/aromatic N) is 1. The van der Waals surface area contributed by atoms with E-state index in [4.69, 9.17) is 0 Å². The monoisotopic (exact) mass is 302 g/mol. The van der Waals surface area contributed by atoms with E-state index in [1.165, 1.54) is 5.56 Å². The molecule has 1 unspecified atom stereocenters. The third-order valence-electron chi connectivity index (χ3n) is 4.09. The van der Waals surface area contributed by atoms with Crippen LogP contribution in [-0.2, 0) is 16.0 Å². The van der Waals surface area contributed by atoms with E-state index in [0.29, 0.717) is 5.92 Å². The molecule has 0 aliphatic carbocycles. The number of hydrogen-bond acceptors (Lipinski definition) is 2. The van der Waals surface area contributed by atoms with E-state index in [0.717, 1.165) is 25.9 Å². The van der Waals surface area contributed by atoms with Crippen molar-refractivity contribution >= 4 is 11.8 Å². The Hall–Kier alpha value is -1.84. The van der Waals surface area contributed by atoms with Crippen molar-refractivity contribution in [2.24, 2.45) is 11.3 Å². The fourth-order valence-corrected chi connectivity index (χ4v) is 2.71. The average Bonchev–Trinajstić information content (AvgIpc) is 2.93. The van der Waals surface area contributed by atoms with Crippen LogP contribution in [0.5, 0.6) is 0 Å². The quantitative estimate of drug-likeness (QED) is 0.927. The number of nitrogens with one attached hydrogen (secondary N) is 1. The summed E-state index contributed by atoms with van der Waals surface area (Å²) in [6.07, 6.45) is 2.05. The Bertz CT molecular complexity index is 520. The van der Waals surface area contributed by atoms with Gasteiger partial charge in [-0.25, -0.2) is 0 Å². The van der Waals surface area contributed by atoms with Crippen LogP contribution in [0.1, 0.15) is 32.8 Å².